The highest BCUT2D eigenvalue weighted by molar-refractivity contribution is 5.74. The Morgan fingerprint density at radius 1 is 1.39 bits per heavy atom. The summed E-state index contributed by atoms with van der Waals surface area (Å²) in [6.07, 6.45) is 4.41. The SMILES string of the molecule is O=C(O)C1CC1c1nccc(C2CCOCC2)n1. The minimum atomic E-state index is -0.736. The van der Waals surface area contributed by atoms with Crippen LogP contribution >= 0.6 is 0 Å². The Hall–Kier alpha value is -1.49. The van der Waals surface area contributed by atoms with E-state index in [9.17, 15) is 4.79 Å². The lowest BCUT2D eigenvalue weighted by Crippen LogP contribution is -2.16. The summed E-state index contributed by atoms with van der Waals surface area (Å²) in [5.41, 5.74) is 1.04. The summed E-state index contributed by atoms with van der Waals surface area (Å²) >= 11 is 0. The van der Waals surface area contributed by atoms with E-state index in [1.165, 1.54) is 0 Å². The van der Waals surface area contributed by atoms with Crippen molar-refractivity contribution in [1.29, 1.82) is 0 Å². The summed E-state index contributed by atoms with van der Waals surface area (Å²) in [4.78, 5) is 19.6. The number of carboxylic acid groups (broad SMARTS) is 1. The molecule has 2 fully saturated rings. The van der Waals surface area contributed by atoms with Crippen molar-refractivity contribution in [2.45, 2.75) is 31.1 Å². The van der Waals surface area contributed by atoms with Gasteiger partial charge in [-0.25, -0.2) is 9.97 Å². The van der Waals surface area contributed by atoms with Gasteiger partial charge in [-0.05, 0) is 25.3 Å². The Bertz CT molecular complexity index is 457. The van der Waals surface area contributed by atoms with Gasteiger partial charge in [0.2, 0.25) is 0 Å². The van der Waals surface area contributed by atoms with Gasteiger partial charge >= 0.3 is 5.97 Å². The van der Waals surface area contributed by atoms with Crippen molar-refractivity contribution in [3.8, 4) is 0 Å². The molecule has 0 aromatic carbocycles. The first-order valence-corrected chi connectivity index (χ1v) is 6.39. The van der Waals surface area contributed by atoms with Crippen LogP contribution in [-0.2, 0) is 9.53 Å². The molecule has 18 heavy (non-hydrogen) atoms. The summed E-state index contributed by atoms with van der Waals surface area (Å²) in [5, 5.41) is 8.93. The van der Waals surface area contributed by atoms with Crippen LogP contribution in [0.25, 0.3) is 0 Å². The van der Waals surface area contributed by atoms with Crippen LogP contribution in [0.2, 0.25) is 0 Å². The summed E-state index contributed by atoms with van der Waals surface area (Å²) in [6, 6.07) is 1.94. The third-order valence-electron chi connectivity index (χ3n) is 3.77. The van der Waals surface area contributed by atoms with Gasteiger partial charge in [-0.2, -0.15) is 0 Å². The zero-order valence-corrected chi connectivity index (χ0v) is 10.1. The Morgan fingerprint density at radius 2 is 2.17 bits per heavy atom. The highest BCUT2D eigenvalue weighted by atomic mass is 16.5. The molecule has 2 heterocycles. The van der Waals surface area contributed by atoms with Crippen molar-refractivity contribution in [1.82, 2.24) is 9.97 Å². The van der Waals surface area contributed by atoms with Crippen LogP contribution in [0, 0.1) is 5.92 Å². The zero-order chi connectivity index (χ0) is 12.5. The molecule has 2 aliphatic rings. The van der Waals surface area contributed by atoms with E-state index in [1.807, 2.05) is 6.07 Å². The van der Waals surface area contributed by atoms with Crippen molar-refractivity contribution < 1.29 is 14.6 Å². The minimum absolute atomic E-state index is 0.0160. The van der Waals surface area contributed by atoms with E-state index in [-0.39, 0.29) is 11.8 Å². The predicted octanol–water partition coefficient (Wildman–Crippen LogP) is 1.56. The van der Waals surface area contributed by atoms with Crippen LogP contribution in [0.5, 0.6) is 0 Å². The van der Waals surface area contributed by atoms with Gasteiger partial charge in [0.15, 0.2) is 0 Å². The molecule has 1 aliphatic heterocycles. The quantitative estimate of drug-likeness (QED) is 0.878. The van der Waals surface area contributed by atoms with Crippen LogP contribution in [0.4, 0.5) is 0 Å². The molecule has 1 aliphatic carbocycles. The third-order valence-corrected chi connectivity index (χ3v) is 3.77. The van der Waals surface area contributed by atoms with E-state index in [4.69, 9.17) is 9.84 Å². The van der Waals surface area contributed by atoms with Crippen LogP contribution in [-0.4, -0.2) is 34.3 Å². The molecule has 1 saturated carbocycles. The number of aliphatic carboxylic acids is 1. The van der Waals surface area contributed by atoms with E-state index in [0.29, 0.717) is 18.2 Å². The van der Waals surface area contributed by atoms with Crippen LogP contribution in [0.3, 0.4) is 0 Å². The second-order valence-corrected chi connectivity index (χ2v) is 5.01. The number of carboxylic acids is 1. The number of nitrogens with zero attached hydrogens (tertiary/aromatic N) is 2. The average Bonchev–Trinajstić information content (AvgIpc) is 3.20. The van der Waals surface area contributed by atoms with E-state index in [2.05, 4.69) is 9.97 Å². The molecule has 1 saturated heterocycles. The fraction of sp³-hybridized carbons (Fsp3) is 0.615. The predicted molar refractivity (Wildman–Crippen MR) is 63.3 cm³/mol. The molecule has 5 nitrogen and oxygen atoms in total. The lowest BCUT2D eigenvalue weighted by molar-refractivity contribution is -0.138. The van der Waals surface area contributed by atoms with E-state index in [0.717, 1.165) is 31.7 Å². The van der Waals surface area contributed by atoms with Crippen molar-refractivity contribution in [3.05, 3.63) is 23.8 Å². The van der Waals surface area contributed by atoms with Crippen LogP contribution in [0.15, 0.2) is 12.3 Å². The van der Waals surface area contributed by atoms with Gasteiger partial charge < -0.3 is 9.84 Å². The molecule has 2 unspecified atom stereocenters. The first-order valence-electron chi connectivity index (χ1n) is 6.39. The molecule has 0 amide bonds. The molecule has 3 rings (SSSR count). The number of carbonyl (C=O) groups is 1. The molecule has 2 atom stereocenters. The summed E-state index contributed by atoms with van der Waals surface area (Å²) < 4.78 is 5.34. The number of rotatable bonds is 3. The van der Waals surface area contributed by atoms with Crippen molar-refractivity contribution >= 4 is 5.97 Å². The number of hydrogen-bond acceptors (Lipinski definition) is 4. The van der Waals surface area contributed by atoms with Crippen LogP contribution in [0.1, 0.15) is 42.6 Å². The van der Waals surface area contributed by atoms with Crippen molar-refractivity contribution in [3.63, 3.8) is 0 Å². The molecular formula is C13H16N2O3. The topological polar surface area (TPSA) is 72.3 Å². The lowest BCUT2D eigenvalue weighted by Gasteiger charge is -2.21. The highest BCUT2D eigenvalue weighted by Crippen LogP contribution is 2.46. The Morgan fingerprint density at radius 3 is 2.83 bits per heavy atom. The number of hydrogen-bond donors (Lipinski definition) is 1. The van der Waals surface area contributed by atoms with Gasteiger partial charge in [0, 0.05) is 36.9 Å². The van der Waals surface area contributed by atoms with E-state index in [1.54, 1.807) is 6.20 Å². The largest absolute Gasteiger partial charge is 0.481 e. The van der Waals surface area contributed by atoms with Crippen LogP contribution < -0.4 is 0 Å². The molecule has 1 aromatic rings. The second-order valence-electron chi connectivity index (χ2n) is 5.01. The first kappa shape index (κ1) is 11.6. The molecule has 0 bridgehead atoms. The van der Waals surface area contributed by atoms with Crippen molar-refractivity contribution in [2.75, 3.05) is 13.2 Å². The zero-order valence-electron chi connectivity index (χ0n) is 10.1. The second kappa shape index (κ2) is 4.65. The standard InChI is InChI=1S/C13H16N2O3/c16-13(17)10-7-9(10)12-14-4-1-11(15-12)8-2-5-18-6-3-8/h1,4,8-10H,2-3,5-7H2,(H,16,17). The molecule has 96 valence electrons. The number of ether oxygens (including phenoxy) is 1. The maximum atomic E-state index is 10.9. The maximum absolute atomic E-state index is 10.9. The fourth-order valence-electron chi connectivity index (χ4n) is 2.54. The third kappa shape index (κ3) is 2.22. The molecule has 0 spiro atoms. The minimum Gasteiger partial charge on any atom is -0.481 e. The fourth-order valence-corrected chi connectivity index (χ4v) is 2.54. The monoisotopic (exact) mass is 248 g/mol. The summed E-state index contributed by atoms with van der Waals surface area (Å²) in [6.45, 7) is 1.57. The summed E-state index contributed by atoms with van der Waals surface area (Å²) in [5.74, 6) is 0.131. The van der Waals surface area contributed by atoms with Gasteiger partial charge in [0.05, 0.1) is 5.92 Å². The molecule has 5 heteroatoms. The van der Waals surface area contributed by atoms with Gasteiger partial charge in [0.25, 0.3) is 0 Å². The normalized spacial score (nSPS) is 28.0. The Labute approximate surface area is 105 Å². The van der Waals surface area contributed by atoms with Crippen molar-refractivity contribution in [2.24, 2.45) is 5.92 Å². The molecule has 0 radical (unpaired) electrons. The first-order chi connectivity index (χ1) is 8.75. The van der Waals surface area contributed by atoms with Gasteiger partial charge in [-0.15, -0.1) is 0 Å². The smallest absolute Gasteiger partial charge is 0.307 e. The van der Waals surface area contributed by atoms with E-state index < -0.39 is 5.97 Å². The number of aromatic nitrogens is 2. The van der Waals surface area contributed by atoms with E-state index >= 15 is 0 Å². The maximum Gasteiger partial charge on any atom is 0.307 e. The molecule has 1 aromatic heterocycles. The Balaban J connectivity index is 1.75. The summed E-state index contributed by atoms with van der Waals surface area (Å²) in [7, 11) is 0. The average molecular weight is 248 g/mol. The van der Waals surface area contributed by atoms with Gasteiger partial charge in [0.1, 0.15) is 5.82 Å². The van der Waals surface area contributed by atoms with Gasteiger partial charge in [-0.3, -0.25) is 4.79 Å². The molecule has 1 N–H and O–H groups in total. The Kier molecular flexibility index (Phi) is 2.99. The highest BCUT2D eigenvalue weighted by Gasteiger charge is 2.46. The molecular weight excluding hydrogens is 232 g/mol. The lowest BCUT2D eigenvalue weighted by atomic mass is 9.96. The van der Waals surface area contributed by atoms with Gasteiger partial charge in [-0.1, -0.05) is 0 Å².